The first-order valence-electron chi connectivity index (χ1n) is 8.58. The number of ether oxygens (including phenoxy) is 1. The zero-order valence-electron chi connectivity index (χ0n) is 15.0. The normalized spacial score (nSPS) is 10.9. The summed E-state index contributed by atoms with van der Waals surface area (Å²) in [6.07, 6.45) is 2.27. The second-order valence-electron chi connectivity index (χ2n) is 5.98. The standard InChI is InChI=1S/C19H17N5O3S/c1-27-13-6-4-12(5-7-13)24-17(25)15-11-21-18(22-16(15)23-19(24)26)20-9-8-14-3-2-10-28-14/h2-7,10-11H,8-9H2,1H3,(H2,20,21,22,23,26). The van der Waals surface area contributed by atoms with Gasteiger partial charge in [-0.1, -0.05) is 6.07 Å². The first-order valence-corrected chi connectivity index (χ1v) is 9.46. The average molecular weight is 395 g/mol. The van der Waals surface area contributed by atoms with Gasteiger partial charge in [-0.15, -0.1) is 11.3 Å². The molecule has 0 spiro atoms. The number of rotatable bonds is 6. The topological polar surface area (TPSA) is 102 Å². The van der Waals surface area contributed by atoms with E-state index in [1.165, 1.54) is 11.1 Å². The van der Waals surface area contributed by atoms with E-state index in [0.29, 0.717) is 23.9 Å². The molecule has 3 aromatic heterocycles. The van der Waals surface area contributed by atoms with Gasteiger partial charge in [-0.05, 0) is 42.1 Å². The Labute approximate surface area is 163 Å². The average Bonchev–Trinajstić information content (AvgIpc) is 3.22. The number of aromatic nitrogens is 4. The molecule has 4 aromatic rings. The van der Waals surface area contributed by atoms with E-state index in [1.54, 1.807) is 42.7 Å². The zero-order chi connectivity index (χ0) is 19.5. The number of fused-ring (bicyclic) bond motifs is 1. The minimum Gasteiger partial charge on any atom is -0.497 e. The minimum absolute atomic E-state index is 0.202. The van der Waals surface area contributed by atoms with Gasteiger partial charge < -0.3 is 10.1 Å². The molecule has 0 aliphatic carbocycles. The van der Waals surface area contributed by atoms with Crippen LogP contribution in [-0.4, -0.2) is 33.2 Å². The Kier molecular flexibility index (Phi) is 4.90. The van der Waals surface area contributed by atoms with E-state index >= 15 is 0 Å². The van der Waals surface area contributed by atoms with E-state index in [2.05, 4.69) is 26.3 Å². The lowest BCUT2D eigenvalue weighted by molar-refractivity contribution is 0.414. The fourth-order valence-corrected chi connectivity index (χ4v) is 3.52. The van der Waals surface area contributed by atoms with Crippen molar-refractivity contribution < 1.29 is 4.74 Å². The predicted molar refractivity (Wildman–Crippen MR) is 109 cm³/mol. The molecule has 9 heteroatoms. The molecule has 0 saturated carbocycles. The summed E-state index contributed by atoms with van der Waals surface area (Å²) < 4.78 is 6.16. The summed E-state index contributed by atoms with van der Waals surface area (Å²) in [6.45, 7) is 0.652. The third-order valence-corrected chi connectivity index (χ3v) is 5.15. The second kappa shape index (κ2) is 7.65. The van der Waals surface area contributed by atoms with Crippen molar-refractivity contribution in [1.29, 1.82) is 0 Å². The molecule has 0 saturated heterocycles. The summed E-state index contributed by atoms with van der Waals surface area (Å²) in [7, 11) is 1.55. The van der Waals surface area contributed by atoms with E-state index < -0.39 is 11.2 Å². The number of benzene rings is 1. The molecular weight excluding hydrogens is 378 g/mol. The van der Waals surface area contributed by atoms with Crippen LogP contribution in [0.3, 0.4) is 0 Å². The fourth-order valence-electron chi connectivity index (χ4n) is 2.81. The number of H-pyrrole nitrogens is 1. The molecule has 0 unspecified atom stereocenters. The summed E-state index contributed by atoms with van der Waals surface area (Å²) in [6, 6.07) is 10.7. The van der Waals surface area contributed by atoms with E-state index in [9.17, 15) is 9.59 Å². The number of thiophene rings is 1. The highest BCUT2D eigenvalue weighted by molar-refractivity contribution is 7.09. The largest absolute Gasteiger partial charge is 0.497 e. The summed E-state index contributed by atoms with van der Waals surface area (Å²) in [5.41, 5.74) is -0.402. The van der Waals surface area contributed by atoms with Gasteiger partial charge in [0.1, 0.15) is 11.1 Å². The SMILES string of the molecule is COc1ccc(-n2c(=O)[nH]c3nc(NCCc4cccs4)ncc3c2=O)cc1. The predicted octanol–water partition coefficient (Wildman–Crippen LogP) is 2.19. The van der Waals surface area contributed by atoms with Crippen LogP contribution < -0.4 is 21.3 Å². The lowest BCUT2D eigenvalue weighted by Gasteiger charge is -2.08. The van der Waals surface area contributed by atoms with Crippen LogP contribution in [0.1, 0.15) is 4.88 Å². The van der Waals surface area contributed by atoms with Crippen molar-refractivity contribution in [2.24, 2.45) is 0 Å². The third-order valence-electron chi connectivity index (χ3n) is 4.22. The maximum atomic E-state index is 12.8. The maximum Gasteiger partial charge on any atom is 0.334 e. The van der Waals surface area contributed by atoms with E-state index in [-0.39, 0.29) is 11.0 Å². The minimum atomic E-state index is -0.564. The Balaban J connectivity index is 1.63. The quantitative estimate of drug-likeness (QED) is 0.519. The van der Waals surface area contributed by atoms with Crippen LogP contribution in [0.2, 0.25) is 0 Å². The number of aromatic amines is 1. The molecule has 4 rings (SSSR count). The van der Waals surface area contributed by atoms with Crippen LogP contribution in [0.5, 0.6) is 5.75 Å². The Morgan fingerprint density at radius 2 is 2.04 bits per heavy atom. The lowest BCUT2D eigenvalue weighted by atomic mass is 10.3. The van der Waals surface area contributed by atoms with Gasteiger partial charge in [0.25, 0.3) is 5.56 Å². The van der Waals surface area contributed by atoms with Crippen LogP contribution in [0.25, 0.3) is 16.7 Å². The van der Waals surface area contributed by atoms with Crippen molar-refractivity contribution in [3.63, 3.8) is 0 Å². The van der Waals surface area contributed by atoms with Crippen molar-refractivity contribution in [3.05, 3.63) is 73.7 Å². The van der Waals surface area contributed by atoms with Crippen LogP contribution in [0.4, 0.5) is 5.95 Å². The van der Waals surface area contributed by atoms with E-state index in [1.807, 2.05) is 11.4 Å². The fraction of sp³-hybridized carbons (Fsp3) is 0.158. The van der Waals surface area contributed by atoms with Crippen LogP contribution >= 0.6 is 11.3 Å². The smallest absolute Gasteiger partial charge is 0.334 e. The van der Waals surface area contributed by atoms with Gasteiger partial charge in [-0.3, -0.25) is 9.78 Å². The highest BCUT2D eigenvalue weighted by Gasteiger charge is 2.12. The molecule has 1 aromatic carbocycles. The lowest BCUT2D eigenvalue weighted by Crippen LogP contribution is -2.34. The summed E-state index contributed by atoms with van der Waals surface area (Å²) >= 11 is 1.69. The van der Waals surface area contributed by atoms with Crippen molar-refractivity contribution in [2.75, 3.05) is 19.0 Å². The number of anilines is 1. The van der Waals surface area contributed by atoms with Gasteiger partial charge in [0.2, 0.25) is 5.95 Å². The van der Waals surface area contributed by atoms with Crippen molar-refractivity contribution in [3.8, 4) is 11.4 Å². The summed E-state index contributed by atoms with van der Waals surface area (Å²) in [4.78, 5) is 37.7. The molecule has 0 atom stereocenters. The number of hydrogen-bond acceptors (Lipinski definition) is 7. The van der Waals surface area contributed by atoms with Gasteiger partial charge in [0, 0.05) is 17.6 Å². The Bertz CT molecular complexity index is 1210. The van der Waals surface area contributed by atoms with E-state index in [4.69, 9.17) is 4.74 Å². The van der Waals surface area contributed by atoms with Crippen LogP contribution in [0, 0.1) is 0 Å². The molecule has 0 fully saturated rings. The third kappa shape index (κ3) is 3.52. The molecule has 28 heavy (non-hydrogen) atoms. The number of nitrogens with one attached hydrogen (secondary N) is 2. The number of nitrogens with zero attached hydrogens (tertiary/aromatic N) is 3. The van der Waals surface area contributed by atoms with Crippen LogP contribution in [0.15, 0.2) is 57.6 Å². The Hall–Kier alpha value is -3.46. The highest BCUT2D eigenvalue weighted by Crippen LogP contribution is 2.14. The first kappa shape index (κ1) is 17.9. The van der Waals surface area contributed by atoms with Gasteiger partial charge in [-0.25, -0.2) is 14.3 Å². The molecule has 3 heterocycles. The maximum absolute atomic E-state index is 12.8. The zero-order valence-corrected chi connectivity index (χ0v) is 15.8. The Morgan fingerprint density at radius 1 is 1.21 bits per heavy atom. The molecule has 0 amide bonds. The Morgan fingerprint density at radius 3 is 2.75 bits per heavy atom. The van der Waals surface area contributed by atoms with Gasteiger partial charge >= 0.3 is 5.69 Å². The first-order chi connectivity index (χ1) is 13.7. The molecule has 8 nitrogen and oxygen atoms in total. The molecule has 0 bridgehead atoms. The monoisotopic (exact) mass is 395 g/mol. The number of hydrogen-bond donors (Lipinski definition) is 2. The van der Waals surface area contributed by atoms with E-state index in [0.717, 1.165) is 11.0 Å². The van der Waals surface area contributed by atoms with Crippen LogP contribution in [-0.2, 0) is 6.42 Å². The van der Waals surface area contributed by atoms with Crippen molar-refractivity contribution in [1.82, 2.24) is 19.5 Å². The van der Waals surface area contributed by atoms with Gasteiger partial charge in [0.05, 0.1) is 12.8 Å². The van der Waals surface area contributed by atoms with Crippen molar-refractivity contribution in [2.45, 2.75) is 6.42 Å². The second-order valence-corrected chi connectivity index (χ2v) is 7.01. The van der Waals surface area contributed by atoms with Crippen molar-refractivity contribution >= 4 is 28.3 Å². The molecule has 0 radical (unpaired) electrons. The van der Waals surface area contributed by atoms with Gasteiger partial charge in [0.15, 0.2) is 5.65 Å². The molecule has 0 aliphatic heterocycles. The summed E-state index contributed by atoms with van der Waals surface area (Å²) in [5.74, 6) is 0.997. The summed E-state index contributed by atoms with van der Waals surface area (Å²) in [5, 5.41) is 5.38. The highest BCUT2D eigenvalue weighted by atomic mass is 32.1. The van der Waals surface area contributed by atoms with Gasteiger partial charge in [-0.2, -0.15) is 4.98 Å². The molecule has 0 aliphatic rings. The molecular formula is C19H17N5O3S. The molecule has 2 N–H and O–H groups in total. The molecule has 142 valence electrons. The number of methoxy groups -OCH3 is 1.